The Morgan fingerprint density at radius 1 is 1.03 bits per heavy atom. The van der Waals surface area contributed by atoms with E-state index in [1.54, 1.807) is 56.5 Å². The van der Waals surface area contributed by atoms with Crippen LogP contribution in [0.3, 0.4) is 0 Å². The second-order valence-corrected chi connectivity index (χ2v) is 11.6. The predicted molar refractivity (Wildman–Crippen MR) is 145 cm³/mol. The van der Waals surface area contributed by atoms with Gasteiger partial charge < -0.3 is 24.4 Å². The van der Waals surface area contributed by atoms with Crippen LogP contribution in [-0.4, -0.2) is 70.3 Å². The van der Waals surface area contributed by atoms with Crippen LogP contribution in [0, 0.1) is 5.92 Å². The molecule has 0 bridgehead atoms. The van der Waals surface area contributed by atoms with Gasteiger partial charge in [-0.1, -0.05) is 26.0 Å². The van der Waals surface area contributed by atoms with Crippen LogP contribution in [0.5, 0.6) is 17.2 Å². The lowest BCUT2D eigenvalue weighted by Gasteiger charge is -2.32. The van der Waals surface area contributed by atoms with E-state index in [2.05, 4.69) is 5.32 Å². The SMILES string of the molecule is CCS(=O)(=O)N(CC(=O)N(Cc1ccc(OC)cc1)C(C)C(=O)NCC(C)C)c1ccc2c(c1)OCCO2. The van der Waals surface area contributed by atoms with E-state index in [9.17, 15) is 18.0 Å². The Morgan fingerprint density at radius 3 is 2.29 bits per heavy atom. The Balaban J connectivity index is 1.92. The van der Waals surface area contributed by atoms with E-state index in [1.807, 2.05) is 13.8 Å². The second kappa shape index (κ2) is 12.9. The van der Waals surface area contributed by atoms with Crippen molar-refractivity contribution in [2.45, 2.75) is 40.3 Å². The Kier molecular flexibility index (Phi) is 9.84. The van der Waals surface area contributed by atoms with Crippen LogP contribution in [0.1, 0.15) is 33.3 Å². The standard InChI is InChI=1S/C27H37N3O7S/c1-6-38(33,34)30(22-9-12-24-25(15-22)37-14-13-36-24)18-26(31)29(20(4)27(32)28-16-19(2)3)17-21-7-10-23(35-5)11-8-21/h7-12,15,19-20H,6,13-14,16-18H2,1-5H3,(H,28,32). The summed E-state index contributed by atoms with van der Waals surface area (Å²) in [5.41, 5.74) is 1.05. The molecule has 38 heavy (non-hydrogen) atoms. The van der Waals surface area contributed by atoms with E-state index in [0.29, 0.717) is 37.0 Å². The van der Waals surface area contributed by atoms with Gasteiger partial charge in [-0.15, -0.1) is 0 Å². The number of fused-ring (bicyclic) bond motifs is 1. The molecule has 208 valence electrons. The van der Waals surface area contributed by atoms with Crippen LogP contribution < -0.4 is 23.8 Å². The third kappa shape index (κ3) is 7.31. The molecule has 1 N–H and O–H groups in total. The highest BCUT2D eigenvalue weighted by molar-refractivity contribution is 7.92. The largest absolute Gasteiger partial charge is 0.497 e. The zero-order valence-corrected chi connectivity index (χ0v) is 23.4. The summed E-state index contributed by atoms with van der Waals surface area (Å²) < 4.78 is 43.7. The van der Waals surface area contributed by atoms with Crippen LogP contribution in [0.2, 0.25) is 0 Å². The fourth-order valence-electron chi connectivity index (χ4n) is 3.87. The fourth-order valence-corrected chi connectivity index (χ4v) is 4.92. The first-order valence-electron chi connectivity index (χ1n) is 12.7. The molecule has 11 heteroatoms. The summed E-state index contributed by atoms with van der Waals surface area (Å²) in [6, 6.07) is 11.1. The number of nitrogens with one attached hydrogen (secondary N) is 1. The molecule has 1 aliphatic rings. The number of rotatable bonds is 12. The molecule has 1 atom stereocenters. The number of methoxy groups -OCH3 is 1. The third-order valence-electron chi connectivity index (χ3n) is 6.16. The number of hydrogen-bond donors (Lipinski definition) is 1. The molecule has 10 nitrogen and oxygen atoms in total. The number of amides is 2. The van der Waals surface area contributed by atoms with Crippen molar-refractivity contribution in [1.29, 1.82) is 0 Å². The molecule has 0 saturated heterocycles. The van der Waals surface area contributed by atoms with Crippen LogP contribution in [0.4, 0.5) is 5.69 Å². The normalized spacial score (nSPS) is 13.5. The maximum absolute atomic E-state index is 13.7. The van der Waals surface area contributed by atoms with Crippen molar-refractivity contribution in [3.05, 3.63) is 48.0 Å². The Bertz CT molecular complexity index is 1220. The molecule has 0 radical (unpaired) electrons. The Morgan fingerprint density at radius 2 is 1.68 bits per heavy atom. The van der Waals surface area contributed by atoms with E-state index in [1.165, 1.54) is 11.8 Å². The number of anilines is 1. The lowest BCUT2D eigenvalue weighted by molar-refractivity contribution is -0.139. The molecular formula is C27H37N3O7S. The molecule has 2 amide bonds. The first-order chi connectivity index (χ1) is 18.1. The summed E-state index contributed by atoms with van der Waals surface area (Å²) in [7, 11) is -2.28. The van der Waals surface area contributed by atoms with Crippen molar-refractivity contribution < 1.29 is 32.2 Å². The zero-order valence-electron chi connectivity index (χ0n) is 22.6. The van der Waals surface area contributed by atoms with Gasteiger partial charge in [0.2, 0.25) is 21.8 Å². The van der Waals surface area contributed by atoms with Crippen molar-refractivity contribution >= 4 is 27.5 Å². The number of benzene rings is 2. The summed E-state index contributed by atoms with van der Waals surface area (Å²) in [4.78, 5) is 28.1. The van der Waals surface area contributed by atoms with Gasteiger partial charge in [-0.2, -0.15) is 0 Å². The smallest absolute Gasteiger partial charge is 0.244 e. The van der Waals surface area contributed by atoms with Crippen molar-refractivity contribution in [2.75, 3.05) is 43.5 Å². The predicted octanol–water partition coefficient (Wildman–Crippen LogP) is 2.81. The van der Waals surface area contributed by atoms with Gasteiger partial charge in [-0.25, -0.2) is 8.42 Å². The van der Waals surface area contributed by atoms with Crippen molar-refractivity contribution in [3.63, 3.8) is 0 Å². The molecule has 1 unspecified atom stereocenters. The van der Waals surface area contributed by atoms with Gasteiger partial charge in [-0.05, 0) is 49.6 Å². The molecule has 3 rings (SSSR count). The summed E-state index contributed by atoms with van der Waals surface area (Å²) in [5.74, 6) is 0.776. The average molecular weight is 548 g/mol. The number of carbonyl (C=O) groups excluding carboxylic acids is 2. The summed E-state index contributed by atoms with van der Waals surface area (Å²) in [6.07, 6.45) is 0. The van der Waals surface area contributed by atoms with Crippen molar-refractivity contribution in [3.8, 4) is 17.2 Å². The van der Waals surface area contributed by atoms with Gasteiger partial charge in [0.05, 0.1) is 18.6 Å². The number of hydrogen-bond acceptors (Lipinski definition) is 7. The lowest BCUT2D eigenvalue weighted by atomic mass is 10.1. The van der Waals surface area contributed by atoms with Crippen molar-refractivity contribution in [1.82, 2.24) is 10.2 Å². The van der Waals surface area contributed by atoms with Crippen molar-refractivity contribution in [2.24, 2.45) is 5.92 Å². The first kappa shape index (κ1) is 29.1. The Hall–Kier alpha value is -3.47. The van der Waals surface area contributed by atoms with Gasteiger partial charge in [0.15, 0.2) is 11.5 Å². The molecule has 1 heterocycles. The van der Waals surface area contributed by atoms with E-state index in [-0.39, 0.29) is 29.8 Å². The van der Waals surface area contributed by atoms with E-state index in [4.69, 9.17) is 14.2 Å². The molecule has 0 aromatic heterocycles. The molecule has 1 aliphatic heterocycles. The number of ether oxygens (including phenoxy) is 3. The van der Waals surface area contributed by atoms with Gasteiger partial charge in [0, 0.05) is 19.2 Å². The molecule has 0 spiro atoms. The van der Waals surface area contributed by atoms with E-state index >= 15 is 0 Å². The van der Waals surface area contributed by atoms with Crippen LogP contribution in [0.15, 0.2) is 42.5 Å². The average Bonchev–Trinajstić information content (AvgIpc) is 2.92. The lowest BCUT2D eigenvalue weighted by Crippen LogP contribution is -2.51. The molecule has 0 fully saturated rings. The maximum Gasteiger partial charge on any atom is 0.244 e. The second-order valence-electron chi connectivity index (χ2n) is 9.42. The minimum Gasteiger partial charge on any atom is -0.497 e. The summed E-state index contributed by atoms with van der Waals surface area (Å²) in [5, 5.41) is 2.87. The number of sulfonamides is 1. The van der Waals surface area contributed by atoms with Crippen LogP contribution >= 0.6 is 0 Å². The maximum atomic E-state index is 13.7. The number of carbonyl (C=O) groups is 2. The van der Waals surface area contributed by atoms with E-state index < -0.39 is 28.5 Å². The zero-order chi connectivity index (χ0) is 27.9. The highest BCUT2D eigenvalue weighted by Gasteiger charge is 2.31. The molecular weight excluding hydrogens is 510 g/mol. The van der Waals surface area contributed by atoms with Gasteiger partial charge >= 0.3 is 0 Å². The van der Waals surface area contributed by atoms with Crippen LogP contribution in [-0.2, 0) is 26.2 Å². The molecule has 0 aliphatic carbocycles. The van der Waals surface area contributed by atoms with Gasteiger partial charge in [0.1, 0.15) is 31.5 Å². The highest BCUT2D eigenvalue weighted by atomic mass is 32.2. The molecule has 2 aromatic carbocycles. The summed E-state index contributed by atoms with van der Waals surface area (Å²) in [6.45, 7) is 7.95. The topological polar surface area (TPSA) is 114 Å². The van der Waals surface area contributed by atoms with E-state index in [0.717, 1.165) is 9.87 Å². The fraction of sp³-hybridized carbons (Fsp3) is 0.481. The monoisotopic (exact) mass is 547 g/mol. The van der Waals surface area contributed by atoms with Gasteiger partial charge in [0.25, 0.3) is 0 Å². The minimum atomic E-state index is -3.85. The number of nitrogens with zero attached hydrogens (tertiary/aromatic N) is 2. The molecule has 2 aromatic rings. The minimum absolute atomic E-state index is 0.111. The summed E-state index contributed by atoms with van der Waals surface area (Å²) >= 11 is 0. The van der Waals surface area contributed by atoms with Gasteiger partial charge in [-0.3, -0.25) is 13.9 Å². The highest BCUT2D eigenvalue weighted by Crippen LogP contribution is 2.35. The first-order valence-corrected chi connectivity index (χ1v) is 14.3. The van der Waals surface area contributed by atoms with Crippen LogP contribution in [0.25, 0.3) is 0 Å². The Labute approximate surface area is 224 Å². The quantitative estimate of drug-likeness (QED) is 0.435. The molecule has 0 saturated carbocycles. The third-order valence-corrected chi connectivity index (χ3v) is 7.90.